The minimum absolute atomic E-state index is 0.172. The van der Waals surface area contributed by atoms with Gasteiger partial charge in [-0.1, -0.05) is 23.7 Å². The average Bonchev–Trinajstić information content (AvgIpc) is 3.36. The molecule has 0 saturated heterocycles. The number of rotatable bonds is 9. The van der Waals surface area contributed by atoms with E-state index in [-0.39, 0.29) is 30.3 Å². The molecule has 0 aliphatic carbocycles. The molecular weight excluding hydrogens is 582 g/mol. The highest BCUT2D eigenvalue weighted by atomic mass is 35.5. The molecule has 0 bridgehead atoms. The molecule has 2 aromatic carbocycles. The number of methoxy groups -OCH3 is 3. The van der Waals surface area contributed by atoms with E-state index in [9.17, 15) is 13.6 Å². The van der Waals surface area contributed by atoms with Crippen LogP contribution in [0.4, 0.5) is 14.5 Å². The van der Waals surface area contributed by atoms with Crippen LogP contribution in [0.15, 0.2) is 42.6 Å². The second-order valence-corrected chi connectivity index (χ2v) is 11.6. The number of carbonyl (C=O) groups excluding carboxylic acids is 1. The van der Waals surface area contributed by atoms with Crippen molar-refractivity contribution < 1.29 is 27.8 Å². The smallest absolute Gasteiger partial charge is 0.305 e. The van der Waals surface area contributed by atoms with Crippen molar-refractivity contribution in [1.29, 1.82) is 10.8 Å². The number of hydrogen-bond acceptors (Lipinski definition) is 9. The summed E-state index contributed by atoms with van der Waals surface area (Å²) >= 11 is 9.14. The molecule has 2 heterocycles. The van der Waals surface area contributed by atoms with Crippen LogP contribution in [0.25, 0.3) is 0 Å². The number of halogens is 3. The van der Waals surface area contributed by atoms with Crippen LogP contribution < -0.4 is 14.4 Å². The number of ether oxygens (including phenoxy) is 3. The Morgan fingerprint density at radius 3 is 2.62 bits per heavy atom. The number of carbonyl (C=O) groups is 1. The van der Waals surface area contributed by atoms with Crippen LogP contribution in [0.3, 0.4) is 0 Å². The molecule has 40 heavy (non-hydrogen) atoms. The van der Waals surface area contributed by atoms with Crippen molar-refractivity contribution in [2.75, 3.05) is 26.2 Å². The van der Waals surface area contributed by atoms with E-state index < -0.39 is 22.8 Å². The van der Waals surface area contributed by atoms with Gasteiger partial charge in [0, 0.05) is 28.1 Å². The zero-order valence-corrected chi connectivity index (χ0v) is 24.3. The fourth-order valence-corrected chi connectivity index (χ4v) is 7.16. The zero-order chi connectivity index (χ0) is 29.0. The largest absolute Gasteiger partial charge is 0.493 e. The Morgan fingerprint density at radius 2 is 1.95 bits per heavy atom. The number of alkyl halides is 2. The molecule has 0 saturated carbocycles. The third-order valence-electron chi connectivity index (χ3n) is 6.29. The van der Waals surface area contributed by atoms with Gasteiger partial charge in [0.15, 0.2) is 17.3 Å². The van der Waals surface area contributed by atoms with E-state index >= 15 is 0 Å². The predicted octanol–water partition coefficient (Wildman–Crippen LogP) is 6.39. The van der Waals surface area contributed by atoms with Crippen molar-refractivity contribution >= 4 is 58.0 Å². The van der Waals surface area contributed by atoms with Crippen molar-refractivity contribution in [3.8, 4) is 11.5 Å². The molecule has 13 heteroatoms. The molecule has 8 nitrogen and oxygen atoms in total. The van der Waals surface area contributed by atoms with Gasteiger partial charge in [-0.25, -0.2) is 13.8 Å². The number of thioether (sulfide) groups is 1. The first-order chi connectivity index (χ1) is 19.2. The summed E-state index contributed by atoms with van der Waals surface area (Å²) in [4.78, 5) is 17.9. The molecule has 0 fully saturated rings. The van der Waals surface area contributed by atoms with Crippen LogP contribution in [0.1, 0.15) is 32.7 Å². The van der Waals surface area contributed by atoms with Gasteiger partial charge >= 0.3 is 5.97 Å². The quantitative estimate of drug-likeness (QED) is 0.165. The number of esters is 1. The van der Waals surface area contributed by atoms with Crippen LogP contribution in [0.2, 0.25) is 5.02 Å². The Balaban J connectivity index is 1.81. The molecule has 2 atom stereocenters. The number of anilines is 1. The van der Waals surface area contributed by atoms with E-state index in [0.29, 0.717) is 39.1 Å². The van der Waals surface area contributed by atoms with E-state index in [1.54, 1.807) is 36.5 Å². The second kappa shape index (κ2) is 13.0. The predicted molar refractivity (Wildman–Crippen MR) is 154 cm³/mol. The third-order valence-corrected chi connectivity index (χ3v) is 9.10. The number of nitrogens with zero attached hydrogens (tertiary/aromatic N) is 2. The van der Waals surface area contributed by atoms with Crippen molar-refractivity contribution in [3.63, 3.8) is 0 Å². The van der Waals surface area contributed by atoms with Crippen molar-refractivity contribution in [2.24, 2.45) is 0 Å². The minimum atomic E-state index is -3.11. The van der Waals surface area contributed by atoms with Crippen LogP contribution in [0.5, 0.6) is 11.5 Å². The number of amidine groups is 2. The third kappa shape index (κ3) is 6.24. The molecule has 212 valence electrons. The summed E-state index contributed by atoms with van der Waals surface area (Å²) in [5, 5.41) is 17.2. The molecule has 0 amide bonds. The molecule has 0 unspecified atom stereocenters. The molecule has 3 aromatic rings. The lowest BCUT2D eigenvalue weighted by atomic mass is 10.00. The molecule has 1 aliphatic heterocycles. The zero-order valence-electron chi connectivity index (χ0n) is 21.9. The average molecular weight is 609 g/mol. The Bertz CT molecular complexity index is 1420. The first kappa shape index (κ1) is 29.8. The number of thiazole rings is 1. The molecule has 1 aromatic heterocycles. The van der Waals surface area contributed by atoms with Gasteiger partial charge in [-0.05, 0) is 36.2 Å². The van der Waals surface area contributed by atoms with E-state index in [0.717, 1.165) is 9.78 Å². The number of nitrogens with one attached hydrogen (secondary N) is 2. The minimum Gasteiger partial charge on any atom is -0.493 e. The monoisotopic (exact) mass is 608 g/mol. The van der Waals surface area contributed by atoms with Crippen LogP contribution in [-0.4, -0.2) is 55.6 Å². The first-order valence-electron chi connectivity index (χ1n) is 12.1. The Kier molecular flexibility index (Phi) is 9.64. The van der Waals surface area contributed by atoms with Gasteiger partial charge in [0.1, 0.15) is 5.84 Å². The number of aryl methyl sites for hydroxylation is 1. The molecular formula is C27H27ClF2N4O4S2. The maximum Gasteiger partial charge on any atom is 0.305 e. The van der Waals surface area contributed by atoms with Crippen LogP contribution >= 0.6 is 34.7 Å². The summed E-state index contributed by atoms with van der Waals surface area (Å²) in [7, 11) is 4.37. The summed E-state index contributed by atoms with van der Waals surface area (Å²) < 4.78 is 43.9. The Morgan fingerprint density at radius 1 is 1.18 bits per heavy atom. The van der Waals surface area contributed by atoms with Gasteiger partial charge in [-0.3, -0.25) is 20.5 Å². The highest BCUT2D eigenvalue weighted by Gasteiger charge is 2.39. The van der Waals surface area contributed by atoms with Gasteiger partial charge in [0.25, 0.3) is 6.43 Å². The van der Waals surface area contributed by atoms with E-state index in [4.69, 9.17) is 36.6 Å². The van der Waals surface area contributed by atoms with Crippen LogP contribution in [0, 0.1) is 10.8 Å². The number of hydrogen-bond donors (Lipinski definition) is 2. The lowest BCUT2D eigenvalue weighted by Crippen LogP contribution is -2.44. The Labute approximate surface area is 243 Å². The van der Waals surface area contributed by atoms with Crippen LogP contribution in [-0.2, 0) is 22.4 Å². The molecule has 2 N–H and O–H groups in total. The van der Waals surface area contributed by atoms with Crippen molar-refractivity contribution in [2.45, 2.75) is 36.2 Å². The first-order valence-corrected chi connectivity index (χ1v) is 14.2. The fraction of sp³-hybridized carbons (Fsp3) is 0.333. The summed E-state index contributed by atoms with van der Waals surface area (Å²) in [5.41, 5.74) is 1.53. The van der Waals surface area contributed by atoms with Crippen molar-refractivity contribution in [1.82, 2.24) is 4.98 Å². The molecule has 1 aliphatic rings. The molecule has 4 rings (SSSR count). The number of aromatic nitrogens is 1. The maximum absolute atomic E-state index is 14.0. The highest BCUT2D eigenvalue weighted by molar-refractivity contribution is 8.01. The SMILES string of the molecule is COC(=O)CCc1cnc(C[C@H]2S[C@H](c3cccc(OC)c3OC)c3cc(Cl)ccc3N(C(=N)C(F)F)C2=N)s1. The van der Waals surface area contributed by atoms with Gasteiger partial charge in [-0.15, -0.1) is 23.1 Å². The van der Waals surface area contributed by atoms with Gasteiger partial charge in [0.05, 0.1) is 48.9 Å². The van der Waals surface area contributed by atoms with E-state index in [2.05, 4.69) is 4.98 Å². The summed E-state index contributed by atoms with van der Waals surface area (Å²) in [6.45, 7) is 0. The van der Waals surface area contributed by atoms with E-state index in [1.807, 2.05) is 6.07 Å². The molecule has 0 spiro atoms. The topological polar surface area (TPSA) is 109 Å². The lowest BCUT2D eigenvalue weighted by Gasteiger charge is -2.27. The normalized spacial score (nSPS) is 16.9. The number of fused-ring (bicyclic) bond motifs is 1. The summed E-state index contributed by atoms with van der Waals surface area (Å²) in [6, 6.07) is 10.2. The van der Waals surface area contributed by atoms with Gasteiger partial charge < -0.3 is 14.2 Å². The Hall–Kier alpha value is -3.22. The lowest BCUT2D eigenvalue weighted by molar-refractivity contribution is -0.140. The number of benzene rings is 2. The number of para-hydroxylation sites is 1. The van der Waals surface area contributed by atoms with E-state index in [1.165, 1.54) is 44.4 Å². The second-order valence-electron chi connectivity index (χ2n) is 8.70. The molecule has 0 radical (unpaired) electrons. The summed E-state index contributed by atoms with van der Waals surface area (Å²) in [6.07, 6.45) is -0.537. The fourth-order valence-electron chi connectivity index (χ4n) is 4.42. The highest BCUT2D eigenvalue weighted by Crippen LogP contribution is 2.51. The summed E-state index contributed by atoms with van der Waals surface area (Å²) in [5.74, 6) is -0.545. The standard InChI is InChI=1S/C27H27ClF2N4O4S2/c1-36-19-6-4-5-16(23(19)38-3)24-17-11-14(28)7-9-18(17)34(27(32)25(29)30)26(31)20(40-24)12-21-33-13-15(39-21)8-10-22(35)37-2/h4-7,9,11,13,20,24-25,31-32H,8,10,12H2,1-3H3/t20-,24-/m1/s1. The maximum atomic E-state index is 14.0. The van der Waals surface area contributed by atoms with Gasteiger partial charge in [0.2, 0.25) is 0 Å². The van der Waals surface area contributed by atoms with Gasteiger partial charge in [-0.2, -0.15) is 0 Å². The van der Waals surface area contributed by atoms with Crippen molar-refractivity contribution in [3.05, 3.63) is 68.6 Å².